The van der Waals surface area contributed by atoms with E-state index < -0.39 is 17.5 Å². The lowest BCUT2D eigenvalue weighted by Crippen LogP contribution is -2.18. The molecule has 0 aliphatic heterocycles. The molecule has 2 rings (SSSR count). The first-order chi connectivity index (χ1) is 13.0. The topological polar surface area (TPSA) is 115 Å². The summed E-state index contributed by atoms with van der Waals surface area (Å²) in [6.07, 6.45) is 2.20. The Bertz CT molecular complexity index is 626. The Morgan fingerprint density at radius 2 is 1.21 bits per heavy atom. The van der Waals surface area contributed by atoms with Crippen molar-refractivity contribution in [3.8, 4) is 0 Å². The molecular formula is C22H30O6. The van der Waals surface area contributed by atoms with Crippen molar-refractivity contribution in [2.45, 2.75) is 51.7 Å². The zero-order chi connectivity index (χ0) is 21.6. The second kappa shape index (κ2) is 13.5. The quantitative estimate of drug-likeness (QED) is 0.591. The van der Waals surface area contributed by atoms with Crippen LogP contribution in [0.4, 0.5) is 0 Å². The van der Waals surface area contributed by atoms with Gasteiger partial charge in [0.1, 0.15) is 0 Å². The van der Waals surface area contributed by atoms with E-state index >= 15 is 0 Å². The number of aliphatic hydroxyl groups excluding tert-OH is 1. The molecule has 1 atom stereocenters. The molecule has 154 valence electrons. The van der Waals surface area contributed by atoms with Crippen LogP contribution in [-0.2, 0) is 0 Å². The van der Waals surface area contributed by atoms with Crippen LogP contribution in [0.2, 0.25) is 0 Å². The van der Waals surface area contributed by atoms with Crippen molar-refractivity contribution in [2.24, 2.45) is 0 Å². The molecule has 0 spiro atoms. The summed E-state index contributed by atoms with van der Waals surface area (Å²) < 4.78 is 0. The lowest BCUT2D eigenvalue weighted by atomic mass is 10.0. The largest absolute Gasteiger partial charge is 0.478 e. The van der Waals surface area contributed by atoms with Crippen molar-refractivity contribution in [3.63, 3.8) is 0 Å². The third kappa shape index (κ3) is 14.5. The first-order valence-electron chi connectivity index (χ1n) is 9.00. The van der Waals surface area contributed by atoms with Gasteiger partial charge in [-0.1, -0.05) is 36.4 Å². The molecule has 0 saturated carbocycles. The van der Waals surface area contributed by atoms with E-state index in [1.165, 1.54) is 0 Å². The van der Waals surface area contributed by atoms with Gasteiger partial charge in [0, 0.05) is 0 Å². The molecule has 28 heavy (non-hydrogen) atoms. The smallest absolute Gasteiger partial charge is 0.335 e. The number of hydrogen-bond acceptors (Lipinski definition) is 4. The lowest BCUT2D eigenvalue weighted by molar-refractivity contribution is 0.0630. The molecular weight excluding hydrogens is 360 g/mol. The van der Waals surface area contributed by atoms with Crippen LogP contribution in [0.5, 0.6) is 0 Å². The zero-order valence-electron chi connectivity index (χ0n) is 16.6. The maximum absolute atomic E-state index is 10.2. The van der Waals surface area contributed by atoms with Crippen molar-refractivity contribution in [1.82, 2.24) is 0 Å². The summed E-state index contributed by atoms with van der Waals surface area (Å²) in [7, 11) is 0. The van der Waals surface area contributed by atoms with E-state index in [2.05, 4.69) is 0 Å². The van der Waals surface area contributed by atoms with E-state index in [9.17, 15) is 14.7 Å². The molecule has 2 aromatic rings. The SMILES string of the molecule is CC(O)CCCC(C)(C)O.O=C(O)c1ccccc1.O=C(O)c1ccccc1. The minimum absolute atomic E-state index is 0.234. The maximum atomic E-state index is 10.2. The normalized spacial score (nSPS) is 11.2. The van der Waals surface area contributed by atoms with Gasteiger partial charge in [-0.25, -0.2) is 9.59 Å². The molecule has 2 aromatic carbocycles. The van der Waals surface area contributed by atoms with E-state index in [-0.39, 0.29) is 6.10 Å². The van der Waals surface area contributed by atoms with Crippen molar-refractivity contribution in [3.05, 3.63) is 71.8 Å². The fourth-order valence-electron chi connectivity index (χ4n) is 1.99. The average molecular weight is 390 g/mol. The number of aromatic carboxylic acids is 2. The van der Waals surface area contributed by atoms with Gasteiger partial charge in [-0.2, -0.15) is 0 Å². The van der Waals surface area contributed by atoms with Gasteiger partial charge in [-0.15, -0.1) is 0 Å². The molecule has 0 fully saturated rings. The molecule has 6 heteroatoms. The van der Waals surface area contributed by atoms with Crippen molar-refractivity contribution in [1.29, 1.82) is 0 Å². The Morgan fingerprint density at radius 1 is 0.857 bits per heavy atom. The van der Waals surface area contributed by atoms with Crippen LogP contribution < -0.4 is 0 Å². The van der Waals surface area contributed by atoms with Gasteiger partial charge in [0.15, 0.2) is 0 Å². The van der Waals surface area contributed by atoms with Crippen molar-refractivity contribution in [2.75, 3.05) is 0 Å². The van der Waals surface area contributed by atoms with E-state index in [0.717, 1.165) is 19.3 Å². The number of carboxylic acid groups (broad SMARTS) is 2. The fourth-order valence-corrected chi connectivity index (χ4v) is 1.99. The number of carboxylic acids is 2. The molecule has 0 aliphatic rings. The average Bonchev–Trinajstić information content (AvgIpc) is 2.63. The third-order valence-electron chi connectivity index (χ3n) is 3.45. The van der Waals surface area contributed by atoms with E-state index in [4.69, 9.17) is 15.3 Å². The highest BCUT2D eigenvalue weighted by molar-refractivity contribution is 5.87. The Balaban J connectivity index is 0.000000391. The molecule has 1 unspecified atom stereocenters. The summed E-state index contributed by atoms with van der Waals surface area (Å²) in [4.78, 5) is 20.4. The van der Waals surface area contributed by atoms with Crippen LogP contribution in [0, 0.1) is 0 Å². The molecule has 0 amide bonds. The lowest BCUT2D eigenvalue weighted by Gasteiger charge is -2.16. The minimum atomic E-state index is -0.879. The first kappa shape index (κ1) is 25.3. The van der Waals surface area contributed by atoms with Crippen LogP contribution in [0.1, 0.15) is 60.7 Å². The number of benzene rings is 2. The van der Waals surface area contributed by atoms with Crippen LogP contribution in [0.25, 0.3) is 0 Å². The van der Waals surface area contributed by atoms with E-state index in [0.29, 0.717) is 11.1 Å². The second-order valence-corrected chi connectivity index (χ2v) is 6.90. The molecule has 0 aliphatic carbocycles. The van der Waals surface area contributed by atoms with Gasteiger partial charge >= 0.3 is 11.9 Å². The van der Waals surface area contributed by atoms with Gasteiger partial charge in [0.25, 0.3) is 0 Å². The summed E-state index contributed by atoms with van der Waals surface area (Å²) in [6, 6.07) is 16.6. The monoisotopic (exact) mass is 390 g/mol. The molecule has 0 bridgehead atoms. The van der Waals surface area contributed by atoms with Crippen LogP contribution in [-0.4, -0.2) is 44.1 Å². The number of aliphatic hydroxyl groups is 2. The Morgan fingerprint density at radius 3 is 1.43 bits per heavy atom. The number of carbonyl (C=O) groups is 2. The molecule has 6 nitrogen and oxygen atoms in total. The predicted octanol–water partition coefficient (Wildman–Crippen LogP) is 4.08. The van der Waals surface area contributed by atoms with Crippen LogP contribution in [0.15, 0.2) is 60.7 Å². The van der Waals surface area contributed by atoms with Gasteiger partial charge < -0.3 is 20.4 Å². The van der Waals surface area contributed by atoms with Crippen LogP contribution >= 0.6 is 0 Å². The van der Waals surface area contributed by atoms with E-state index in [1.54, 1.807) is 81.4 Å². The van der Waals surface area contributed by atoms with Crippen LogP contribution in [0.3, 0.4) is 0 Å². The van der Waals surface area contributed by atoms with Gasteiger partial charge in [0.2, 0.25) is 0 Å². The van der Waals surface area contributed by atoms with Gasteiger partial charge in [-0.3, -0.25) is 0 Å². The summed E-state index contributed by atoms with van der Waals surface area (Å²) in [6.45, 7) is 5.34. The number of rotatable bonds is 6. The first-order valence-corrected chi connectivity index (χ1v) is 9.00. The molecule has 0 heterocycles. The Labute approximate surface area is 166 Å². The molecule has 0 aromatic heterocycles. The zero-order valence-corrected chi connectivity index (χ0v) is 16.6. The predicted molar refractivity (Wildman–Crippen MR) is 109 cm³/mol. The van der Waals surface area contributed by atoms with Gasteiger partial charge in [-0.05, 0) is 64.3 Å². The highest BCUT2D eigenvalue weighted by Crippen LogP contribution is 2.12. The molecule has 0 radical (unpaired) electrons. The maximum Gasteiger partial charge on any atom is 0.335 e. The molecule has 4 N–H and O–H groups in total. The van der Waals surface area contributed by atoms with Crippen molar-refractivity contribution < 1.29 is 30.0 Å². The summed E-state index contributed by atoms with van der Waals surface area (Å²) in [5.74, 6) is -1.76. The summed E-state index contributed by atoms with van der Waals surface area (Å²) >= 11 is 0. The van der Waals surface area contributed by atoms with E-state index in [1.807, 2.05) is 0 Å². The van der Waals surface area contributed by atoms with Gasteiger partial charge in [0.05, 0.1) is 22.8 Å². The summed E-state index contributed by atoms with van der Waals surface area (Å²) in [5, 5.41) is 34.9. The highest BCUT2D eigenvalue weighted by Gasteiger charge is 2.11. The Hall–Kier alpha value is -2.70. The highest BCUT2D eigenvalue weighted by atomic mass is 16.4. The Kier molecular flexibility index (Phi) is 12.2. The number of hydrogen-bond donors (Lipinski definition) is 4. The minimum Gasteiger partial charge on any atom is -0.478 e. The third-order valence-corrected chi connectivity index (χ3v) is 3.45. The standard InChI is InChI=1S/C8H18O2.2C7H6O2/c1-7(9)5-4-6-8(2,3)10;2*8-7(9)6-4-2-1-3-5-6/h7,9-10H,4-6H2,1-3H3;2*1-5H,(H,8,9). The summed E-state index contributed by atoms with van der Waals surface area (Å²) in [5.41, 5.74) is 0.0875. The fraction of sp³-hybridized carbons (Fsp3) is 0.364. The molecule has 0 saturated heterocycles. The van der Waals surface area contributed by atoms with Crippen molar-refractivity contribution >= 4 is 11.9 Å². The second-order valence-electron chi connectivity index (χ2n) is 6.90.